The van der Waals surface area contributed by atoms with Crippen LogP contribution in [0, 0.1) is 0 Å². The first kappa shape index (κ1) is 13.7. The highest BCUT2D eigenvalue weighted by atomic mass is 16.4. The molecule has 102 valence electrons. The summed E-state index contributed by atoms with van der Waals surface area (Å²) >= 11 is 0. The molecular formula is C15H14N2O3. The molecule has 2 aromatic rings. The molecule has 1 amide bonds. The molecule has 1 aromatic heterocycles. The van der Waals surface area contributed by atoms with Gasteiger partial charge in [-0.25, -0.2) is 4.79 Å². The van der Waals surface area contributed by atoms with Crippen molar-refractivity contribution in [3.05, 3.63) is 53.9 Å². The fraction of sp³-hybridized carbons (Fsp3) is 0.133. The van der Waals surface area contributed by atoms with Crippen LogP contribution < -0.4 is 0 Å². The van der Waals surface area contributed by atoms with E-state index in [0.29, 0.717) is 11.1 Å². The first-order valence-electron chi connectivity index (χ1n) is 6.00. The van der Waals surface area contributed by atoms with Crippen molar-refractivity contribution in [2.75, 3.05) is 14.1 Å². The molecule has 0 aliphatic heterocycles. The van der Waals surface area contributed by atoms with Crippen LogP contribution in [0.3, 0.4) is 0 Å². The standard InChI is InChI=1S/C15H14N2O3/c1-17(2)14(18)11-5-3-10(4-6-11)12-7-8-16-9-13(12)15(19)20/h3-9H,1-2H3,(H,19,20). The number of amides is 1. The van der Waals surface area contributed by atoms with Gasteiger partial charge < -0.3 is 10.0 Å². The number of aromatic nitrogens is 1. The molecule has 0 spiro atoms. The van der Waals surface area contributed by atoms with E-state index in [4.69, 9.17) is 5.11 Å². The van der Waals surface area contributed by atoms with E-state index in [1.165, 1.54) is 11.1 Å². The maximum absolute atomic E-state index is 11.8. The van der Waals surface area contributed by atoms with Gasteiger partial charge in [-0.1, -0.05) is 12.1 Å². The third-order valence-corrected chi connectivity index (χ3v) is 2.90. The van der Waals surface area contributed by atoms with Crippen molar-refractivity contribution in [3.8, 4) is 11.1 Å². The zero-order chi connectivity index (χ0) is 14.7. The highest BCUT2D eigenvalue weighted by Gasteiger charge is 2.12. The van der Waals surface area contributed by atoms with Crippen LogP contribution in [0.5, 0.6) is 0 Å². The maximum Gasteiger partial charge on any atom is 0.337 e. The summed E-state index contributed by atoms with van der Waals surface area (Å²) in [6, 6.07) is 8.48. The van der Waals surface area contributed by atoms with Crippen LogP contribution in [0.1, 0.15) is 20.7 Å². The zero-order valence-electron chi connectivity index (χ0n) is 11.2. The largest absolute Gasteiger partial charge is 0.478 e. The molecule has 0 aliphatic rings. The van der Waals surface area contributed by atoms with E-state index in [0.717, 1.165) is 5.56 Å². The highest BCUT2D eigenvalue weighted by molar-refractivity contribution is 5.97. The zero-order valence-corrected chi connectivity index (χ0v) is 11.2. The number of carbonyl (C=O) groups is 2. The number of aromatic carboxylic acids is 1. The van der Waals surface area contributed by atoms with E-state index < -0.39 is 5.97 Å². The topological polar surface area (TPSA) is 70.5 Å². The van der Waals surface area contributed by atoms with Crippen molar-refractivity contribution in [2.45, 2.75) is 0 Å². The van der Waals surface area contributed by atoms with Gasteiger partial charge in [0.15, 0.2) is 0 Å². The number of rotatable bonds is 3. The van der Waals surface area contributed by atoms with Gasteiger partial charge in [0.05, 0.1) is 5.56 Å². The summed E-state index contributed by atoms with van der Waals surface area (Å²) in [7, 11) is 3.36. The minimum atomic E-state index is -1.03. The summed E-state index contributed by atoms with van der Waals surface area (Å²) in [5, 5.41) is 9.14. The molecule has 0 fully saturated rings. The predicted octanol–water partition coefficient (Wildman–Crippen LogP) is 2.15. The third kappa shape index (κ3) is 2.66. The molecule has 0 bridgehead atoms. The van der Waals surface area contributed by atoms with Crippen LogP contribution in [-0.4, -0.2) is 41.0 Å². The van der Waals surface area contributed by atoms with Crippen molar-refractivity contribution < 1.29 is 14.7 Å². The van der Waals surface area contributed by atoms with Gasteiger partial charge in [-0.3, -0.25) is 9.78 Å². The lowest BCUT2D eigenvalue weighted by molar-refractivity contribution is 0.0696. The molecule has 1 aromatic carbocycles. The monoisotopic (exact) mass is 270 g/mol. The van der Waals surface area contributed by atoms with Gasteiger partial charge in [0.1, 0.15) is 0 Å². The minimum absolute atomic E-state index is 0.0928. The van der Waals surface area contributed by atoms with E-state index in [-0.39, 0.29) is 11.5 Å². The average Bonchev–Trinajstić information content (AvgIpc) is 2.46. The lowest BCUT2D eigenvalue weighted by atomic mass is 10.0. The third-order valence-electron chi connectivity index (χ3n) is 2.90. The summed E-state index contributed by atoms with van der Waals surface area (Å²) in [4.78, 5) is 28.3. The van der Waals surface area contributed by atoms with Crippen LogP contribution in [-0.2, 0) is 0 Å². The Kier molecular flexibility index (Phi) is 3.79. The Hall–Kier alpha value is -2.69. The maximum atomic E-state index is 11.8. The minimum Gasteiger partial charge on any atom is -0.478 e. The molecule has 5 nitrogen and oxygen atoms in total. The molecular weight excluding hydrogens is 256 g/mol. The molecule has 1 N–H and O–H groups in total. The number of nitrogens with zero attached hydrogens (tertiary/aromatic N) is 2. The summed E-state index contributed by atoms with van der Waals surface area (Å²) in [6.45, 7) is 0. The molecule has 0 saturated carbocycles. The Bertz CT molecular complexity index is 648. The van der Waals surface area contributed by atoms with Gasteiger partial charge in [0, 0.05) is 32.1 Å². The van der Waals surface area contributed by atoms with Crippen molar-refractivity contribution in [1.82, 2.24) is 9.88 Å². The van der Waals surface area contributed by atoms with Crippen LogP contribution in [0.25, 0.3) is 11.1 Å². The van der Waals surface area contributed by atoms with Crippen LogP contribution >= 0.6 is 0 Å². The van der Waals surface area contributed by atoms with Crippen LogP contribution in [0.15, 0.2) is 42.7 Å². The second-order valence-electron chi connectivity index (χ2n) is 4.50. The molecule has 2 rings (SSSR count). The summed E-state index contributed by atoms with van der Waals surface area (Å²) in [5.41, 5.74) is 2.01. The van der Waals surface area contributed by atoms with Crippen molar-refractivity contribution in [1.29, 1.82) is 0 Å². The first-order chi connectivity index (χ1) is 9.50. The van der Waals surface area contributed by atoms with Gasteiger partial charge in [-0.15, -0.1) is 0 Å². The second-order valence-corrected chi connectivity index (χ2v) is 4.50. The number of pyridine rings is 1. The van der Waals surface area contributed by atoms with Gasteiger partial charge in [0.25, 0.3) is 5.91 Å². The summed E-state index contributed by atoms with van der Waals surface area (Å²) < 4.78 is 0. The second kappa shape index (κ2) is 5.52. The molecule has 0 atom stereocenters. The van der Waals surface area contributed by atoms with Crippen LogP contribution in [0.4, 0.5) is 0 Å². The predicted molar refractivity (Wildman–Crippen MR) is 74.6 cm³/mol. The van der Waals surface area contributed by atoms with Crippen molar-refractivity contribution in [2.24, 2.45) is 0 Å². The molecule has 1 heterocycles. The Morgan fingerprint density at radius 3 is 2.30 bits per heavy atom. The van der Waals surface area contributed by atoms with Crippen LogP contribution in [0.2, 0.25) is 0 Å². The van der Waals surface area contributed by atoms with Gasteiger partial charge in [0.2, 0.25) is 0 Å². The van der Waals surface area contributed by atoms with Gasteiger partial charge in [-0.2, -0.15) is 0 Å². The number of benzene rings is 1. The van der Waals surface area contributed by atoms with E-state index in [2.05, 4.69) is 4.98 Å². The number of carbonyl (C=O) groups excluding carboxylic acids is 1. The Morgan fingerprint density at radius 2 is 1.75 bits per heavy atom. The van der Waals surface area contributed by atoms with E-state index >= 15 is 0 Å². The fourth-order valence-electron chi connectivity index (χ4n) is 1.87. The molecule has 5 heteroatoms. The Labute approximate surface area is 116 Å². The Morgan fingerprint density at radius 1 is 1.10 bits per heavy atom. The van der Waals surface area contributed by atoms with Gasteiger partial charge in [-0.05, 0) is 29.3 Å². The smallest absolute Gasteiger partial charge is 0.337 e. The van der Waals surface area contributed by atoms with E-state index in [9.17, 15) is 9.59 Å². The fourth-order valence-corrected chi connectivity index (χ4v) is 1.87. The molecule has 0 aliphatic carbocycles. The summed E-state index contributed by atoms with van der Waals surface area (Å²) in [6.07, 6.45) is 2.86. The normalized spacial score (nSPS) is 10.1. The quantitative estimate of drug-likeness (QED) is 0.927. The van der Waals surface area contributed by atoms with Crippen molar-refractivity contribution in [3.63, 3.8) is 0 Å². The molecule has 0 radical (unpaired) electrons. The summed E-state index contributed by atoms with van der Waals surface area (Å²) in [5.74, 6) is -1.12. The lowest BCUT2D eigenvalue weighted by Crippen LogP contribution is -2.21. The number of hydrogen-bond donors (Lipinski definition) is 1. The molecule has 0 saturated heterocycles. The van der Waals surface area contributed by atoms with E-state index in [1.54, 1.807) is 50.6 Å². The van der Waals surface area contributed by atoms with E-state index in [1.807, 2.05) is 0 Å². The van der Waals surface area contributed by atoms with Crippen molar-refractivity contribution >= 4 is 11.9 Å². The number of carboxylic acid groups (broad SMARTS) is 1. The number of carboxylic acids is 1. The lowest BCUT2D eigenvalue weighted by Gasteiger charge is -2.11. The van der Waals surface area contributed by atoms with Gasteiger partial charge >= 0.3 is 5.97 Å². The first-order valence-corrected chi connectivity index (χ1v) is 6.00. The Balaban J connectivity index is 2.41. The highest BCUT2D eigenvalue weighted by Crippen LogP contribution is 2.23. The molecule has 0 unspecified atom stereocenters. The average molecular weight is 270 g/mol. The number of hydrogen-bond acceptors (Lipinski definition) is 3. The SMILES string of the molecule is CN(C)C(=O)c1ccc(-c2ccncc2C(=O)O)cc1. The molecule has 20 heavy (non-hydrogen) atoms.